The predicted molar refractivity (Wildman–Crippen MR) is 129 cm³/mol. The lowest BCUT2D eigenvalue weighted by Crippen LogP contribution is -2.43. The van der Waals surface area contributed by atoms with Crippen LogP contribution in [0.3, 0.4) is 0 Å². The predicted octanol–water partition coefficient (Wildman–Crippen LogP) is 4.31. The number of hydrogen-bond donors (Lipinski definition) is 0. The Kier molecular flexibility index (Phi) is 10.7. The van der Waals surface area contributed by atoms with Gasteiger partial charge in [-0.2, -0.15) is 0 Å². The van der Waals surface area contributed by atoms with Crippen LogP contribution in [0, 0.1) is 5.92 Å². The highest BCUT2D eigenvalue weighted by molar-refractivity contribution is 5.78. The second-order valence-corrected chi connectivity index (χ2v) is 8.50. The van der Waals surface area contributed by atoms with E-state index < -0.39 is 36.1 Å². The molecule has 0 N–H and O–H groups in total. The Morgan fingerprint density at radius 2 is 1.41 bits per heavy atom. The van der Waals surface area contributed by atoms with E-state index in [9.17, 15) is 14.4 Å². The van der Waals surface area contributed by atoms with Crippen LogP contribution in [0.2, 0.25) is 0 Å². The molecule has 4 atom stereocenters. The maximum Gasteiger partial charge on any atom is 0.303 e. The molecule has 0 aliphatic rings. The van der Waals surface area contributed by atoms with Crippen molar-refractivity contribution in [2.45, 2.75) is 59.0 Å². The van der Waals surface area contributed by atoms with E-state index in [0.29, 0.717) is 13.0 Å². The minimum atomic E-state index is -0.599. The molecule has 0 aromatic heterocycles. The van der Waals surface area contributed by atoms with Crippen LogP contribution < -0.4 is 0 Å². The van der Waals surface area contributed by atoms with Gasteiger partial charge in [-0.05, 0) is 24.5 Å². The highest BCUT2D eigenvalue weighted by Gasteiger charge is 2.31. The van der Waals surface area contributed by atoms with E-state index >= 15 is 0 Å². The molecule has 0 aliphatic heterocycles. The lowest BCUT2D eigenvalue weighted by atomic mass is 9.98. The molecule has 0 fully saturated rings. The van der Waals surface area contributed by atoms with Crippen molar-refractivity contribution in [3.63, 3.8) is 0 Å². The lowest BCUT2D eigenvalue weighted by molar-refractivity contribution is -0.156. The average Bonchev–Trinajstić information content (AvgIpc) is 2.81. The molecule has 0 heterocycles. The summed E-state index contributed by atoms with van der Waals surface area (Å²) in [6.45, 7) is 6.91. The van der Waals surface area contributed by atoms with Gasteiger partial charge in [-0.1, -0.05) is 67.6 Å². The molecule has 0 unspecified atom stereocenters. The van der Waals surface area contributed by atoms with Crippen molar-refractivity contribution in [1.29, 1.82) is 0 Å². The van der Waals surface area contributed by atoms with E-state index in [4.69, 9.17) is 14.2 Å². The van der Waals surface area contributed by atoms with Crippen molar-refractivity contribution >= 4 is 17.8 Å². The molecule has 7 heteroatoms. The van der Waals surface area contributed by atoms with E-state index in [1.165, 1.54) is 13.8 Å². The largest absolute Gasteiger partial charge is 0.460 e. The maximum atomic E-state index is 13.2. The first-order valence-corrected chi connectivity index (χ1v) is 11.5. The number of carbonyl (C=O) groups excluding carboxylic acids is 3. The quantitative estimate of drug-likeness (QED) is 0.431. The van der Waals surface area contributed by atoms with E-state index in [1.807, 2.05) is 67.6 Å². The molecule has 0 saturated carbocycles. The third-order valence-corrected chi connectivity index (χ3v) is 5.60. The van der Waals surface area contributed by atoms with Crippen LogP contribution in [-0.2, 0) is 35.2 Å². The molecule has 2 rings (SSSR count). The third kappa shape index (κ3) is 8.63. The third-order valence-electron chi connectivity index (χ3n) is 5.60. The maximum absolute atomic E-state index is 13.2. The van der Waals surface area contributed by atoms with Gasteiger partial charge in [-0.3, -0.25) is 14.4 Å². The Labute approximate surface area is 202 Å². The SMILES string of the molecule is CC(=O)O[C@@H](COCc1ccccc1)C[C@H](C)C(=O)N(C)[C@@H](C)[C@@H](OC(C)=O)c1ccccc1. The average molecular weight is 470 g/mol. The molecule has 2 aromatic rings. The number of carbonyl (C=O) groups is 3. The first-order chi connectivity index (χ1) is 16.2. The molecule has 7 nitrogen and oxygen atoms in total. The number of rotatable bonds is 12. The zero-order valence-corrected chi connectivity index (χ0v) is 20.6. The number of benzene rings is 2. The summed E-state index contributed by atoms with van der Waals surface area (Å²) >= 11 is 0. The van der Waals surface area contributed by atoms with Crippen LogP contribution in [-0.4, -0.2) is 48.5 Å². The summed E-state index contributed by atoms with van der Waals surface area (Å²) in [6.07, 6.45) is -0.839. The summed E-state index contributed by atoms with van der Waals surface area (Å²) in [5.41, 5.74) is 1.82. The normalized spacial score (nSPS) is 14.4. The molecule has 34 heavy (non-hydrogen) atoms. The van der Waals surface area contributed by atoms with Gasteiger partial charge in [0.25, 0.3) is 0 Å². The van der Waals surface area contributed by atoms with Gasteiger partial charge in [0.2, 0.25) is 5.91 Å². The number of likely N-dealkylation sites (N-methyl/N-ethyl adjacent to an activating group) is 1. The molecular formula is C27H35NO6. The Balaban J connectivity index is 2.02. The smallest absolute Gasteiger partial charge is 0.303 e. The van der Waals surface area contributed by atoms with Crippen LogP contribution in [0.4, 0.5) is 0 Å². The number of nitrogens with zero attached hydrogens (tertiary/aromatic N) is 1. The van der Waals surface area contributed by atoms with Crippen molar-refractivity contribution in [2.24, 2.45) is 5.92 Å². The highest BCUT2D eigenvalue weighted by Crippen LogP contribution is 2.26. The highest BCUT2D eigenvalue weighted by atomic mass is 16.6. The standard InChI is InChI=1S/C27H35NO6/c1-19(16-25(33-21(3)29)18-32-17-23-12-8-6-9-13-23)27(31)28(5)20(2)26(34-22(4)30)24-14-10-7-11-15-24/h6-15,19-20,25-26H,16-18H2,1-5H3/t19-,20-,25+,26+/m0/s1. The molecule has 0 aliphatic carbocycles. The molecule has 2 aromatic carbocycles. The van der Waals surface area contributed by atoms with Crippen molar-refractivity contribution in [1.82, 2.24) is 4.90 Å². The van der Waals surface area contributed by atoms with Gasteiger partial charge in [0.15, 0.2) is 0 Å². The fraction of sp³-hybridized carbons (Fsp3) is 0.444. The summed E-state index contributed by atoms with van der Waals surface area (Å²) in [5, 5.41) is 0. The van der Waals surface area contributed by atoms with Gasteiger partial charge in [-0.25, -0.2) is 0 Å². The minimum Gasteiger partial charge on any atom is -0.460 e. The lowest BCUT2D eigenvalue weighted by Gasteiger charge is -2.34. The number of amides is 1. The van der Waals surface area contributed by atoms with Gasteiger partial charge in [0.05, 0.1) is 19.3 Å². The zero-order valence-electron chi connectivity index (χ0n) is 20.6. The fourth-order valence-corrected chi connectivity index (χ4v) is 3.78. The molecule has 0 bridgehead atoms. The summed E-state index contributed by atoms with van der Waals surface area (Å²) in [5.74, 6) is -1.42. The summed E-state index contributed by atoms with van der Waals surface area (Å²) in [7, 11) is 1.69. The molecule has 1 amide bonds. The molecule has 0 radical (unpaired) electrons. The van der Waals surface area contributed by atoms with Crippen molar-refractivity contribution in [3.8, 4) is 0 Å². The van der Waals surface area contributed by atoms with Crippen LogP contribution in [0.1, 0.15) is 51.3 Å². The van der Waals surface area contributed by atoms with E-state index in [1.54, 1.807) is 18.9 Å². The van der Waals surface area contributed by atoms with Gasteiger partial charge >= 0.3 is 11.9 Å². The van der Waals surface area contributed by atoms with Crippen LogP contribution >= 0.6 is 0 Å². The van der Waals surface area contributed by atoms with Crippen molar-refractivity contribution < 1.29 is 28.6 Å². The Morgan fingerprint density at radius 1 is 0.853 bits per heavy atom. The molecule has 0 spiro atoms. The second-order valence-electron chi connectivity index (χ2n) is 8.50. The Morgan fingerprint density at radius 3 is 1.97 bits per heavy atom. The van der Waals surface area contributed by atoms with Gasteiger partial charge in [0, 0.05) is 26.8 Å². The second kappa shape index (κ2) is 13.5. The van der Waals surface area contributed by atoms with Gasteiger partial charge < -0.3 is 19.1 Å². The van der Waals surface area contributed by atoms with E-state index in [2.05, 4.69) is 0 Å². The van der Waals surface area contributed by atoms with Crippen molar-refractivity contribution in [2.75, 3.05) is 13.7 Å². The fourth-order valence-electron chi connectivity index (χ4n) is 3.78. The van der Waals surface area contributed by atoms with Crippen LogP contribution in [0.15, 0.2) is 60.7 Å². The first kappa shape index (κ1) is 27.1. The van der Waals surface area contributed by atoms with E-state index in [-0.39, 0.29) is 12.5 Å². The van der Waals surface area contributed by atoms with Gasteiger partial charge in [-0.15, -0.1) is 0 Å². The zero-order chi connectivity index (χ0) is 25.1. The number of esters is 2. The Bertz CT molecular complexity index is 917. The summed E-state index contributed by atoms with van der Waals surface area (Å²) < 4.78 is 16.7. The number of hydrogen-bond acceptors (Lipinski definition) is 6. The topological polar surface area (TPSA) is 82.1 Å². The molecule has 0 saturated heterocycles. The van der Waals surface area contributed by atoms with Crippen molar-refractivity contribution in [3.05, 3.63) is 71.8 Å². The summed E-state index contributed by atoms with van der Waals surface area (Å²) in [4.78, 5) is 38.1. The van der Waals surface area contributed by atoms with Crippen LogP contribution in [0.5, 0.6) is 0 Å². The molecular weight excluding hydrogens is 434 g/mol. The number of ether oxygens (including phenoxy) is 3. The van der Waals surface area contributed by atoms with Crippen LogP contribution in [0.25, 0.3) is 0 Å². The monoisotopic (exact) mass is 469 g/mol. The van der Waals surface area contributed by atoms with E-state index in [0.717, 1.165) is 11.1 Å². The Hall–Kier alpha value is -3.19. The molecule has 184 valence electrons. The first-order valence-electron chi connectivity index (χ1n) is 11.5. The summed E-state index contributed by atoms with van der Waals surface area (Å²) in [6, 6.07) is 18.6. The van der Waals surface area contributed by atoms with Gasteiger partial charge in [0.1, 0.15) is 12.2 Å². The minimum absolute atomic E-state index is 0.138.